The van der Waals surface area contributed by atoms with Crippen LogP contribution in [0.4, 0.5) is 13.2 Å². The number of carbonyl (C=O) groups excluding carboxylic acids is 1. The van der Waals surface area contributed by atoms with Crippen molar-refractivity contribution in [2.24, 2.45) is 4.99 Å². The van der Waals surface area contributed by atoms with Crippen LogP contribution >= 0.6 is 11.3 Å². The van der Waals surface area contributed by atoms with E-state index in [2.05, 4.69) is 15.6 Å². The van der Waals surface area contributed by atoms with E-state index in [0.717, 1.165) is 12.6 Å². The molecule has 142 valence electrons. The summed E-state index contributed by atoms with van der Waals surface area (Å²) >= 11 is 1.46. The number of halogens is 3. The maximum atomic E-state index is 12.3. The van der Waals surface area contributed by atoms with Crippen molar-refractivity contribution in [2.75, 3.05) is 33.2 Å². The van der Waals surface area contributed by atoms with E-state index in [9.17, 15) is 23.1 Å². The Morgan fingerprint density at radius 3 is 2.60 bits per heavy atom. The Kier molecular flexibility index (Phi) is 7.68. The van der Waals surface area contributed by atoms with Crippen LogP contribution in [0.3, 0.4) is 0 Å². The first-order valence-electron chi connectivity index (χ1n) is 7.63. The second-order valence-electron chi connectivity index (χ2n) is 5.70. The van der Waals surface area contributed by atoms with E-state index in [4.69, 9.17) is 0 Å². The molecule has 1 amide bonds. The number of alkyl halides is 3. The van der Waals surface area contributed by atoms with Gasteiger partial charge < -0.3 is 20.6 Å². The van der Waals surface area contributed by atoms with Crippen LogP contribution < -0.4 is 10.6 Å². The number of nitrogens with one attached hydrogen (secondary N) is 2. The second kappa shape index (κ2) is 9.04. The van der Waals surface area contributed by atoms with Crippen molar-refractivity contribution >= 4 is 23.2 Å². The highest BCUT2D eigenvalue weighted by Crippen LogP contribution is 2.21. The van der Waals surface area contributed by atoms with Gasteiger partial charge in [-0.25, -0.2) is 4.99 Å². The van der Waals surface area contributed by atoms with Gasteiger partial charge in [0.1, 0.15) is 18.7 Å². The fraction of sp³-hybridized carbons (Fsp3) is 0.600. The number of guanidine groups is 1. The molecule has 0 saturated carbocycles. The fourth-order valence-electron chi connectivity index (χ4n) is 1.90. The Labute approximate surface area is 148 Å². The van der Waals surface area contributed by atoms with Gasteiger partial charge in [-0.3, -0.25) is 4.79 Å². The zero-order valence-corrected chi connectivity index (χ0v) is 15.2. The molecule has 0 aliphatic heterocycles. The van der Waals surface area contributed by atoms with Crippen molar-refractivity contribution in [3.8, 4) is 0 Å². The molecule has 1 heterocycles. The number of rotatable bonds is 7. The van der Waals surface area contributed by atoms with E-state index in [1.165, 1.54) is 11.3 Å². The maximum absolute atomic E-state index is 12.3. The first-order valence-corrected chi connectivity index (χ1v) is 8.57. The smallest absolute Gasteiger partial charge is 0.384 e. The summed E-state index contributed by atoms with van der Waals surface area (Å²) in [6, 6.07) is 1.80. The summed E-state index contributed by atoms with van der Waals surface area (Å²) in [6.07, 6.45) is -4.45. The fourth-order valence-corrected chi connectivity index (χ4v) is 2.68. The van der Waals surface area contributed by atoms with Crippen LogP contribution in [0.25, 0.3) is 0 Å². The number of likely N-dealkylation sites (N-methyl/N-ethyl adjacent to an activating group) is 1. The number of carbonyl (C=O) groups is 1. The number of hydrogen-bond donors (Lipinski definition) is 3. The molecule has 0 aliphatic rings. The largest absolute Gasteiger partial charge is 0.406 e. The molecule has 0 radical (unpaired) electrons. The molecule has 3 N–H and O–H groups in total. The van der Waals surface area contributed by atoms with Crippen molar-refractivity contribution < 1.29 is 23.1 Å². The Hall–Kier alpha value is -1.81. The summed E-state index contributed by atoms with van der Waals surface area (Å²) in [7, 11) is 1.08. The van der Waals surface area contributed by atoms with Gasteiger partial charge >= 0.3 is 6.18 Å². The molecule has 6 nitrogen and oxygen atoms in total. The summed E-state index contributed by atoms with van der Waals surface area (Å²) in [6.45, 7) is 2.32. The topological polar surface area (TPSA) is 77.0 Å². The average Bonchev–Trinajstić information content (AvgIpc) is 3.03. The minimum Gasteiger partial charge on any atom is -0.384 e. The van der Waals surface area contributed by atoms with E-state index in [1.807, 2.05) is 17.7 Å². The van der Waals surface area contributed by atoms with Gasteiger partial charge in [0.05, 0.1) is 6.54 Å². The van der Waals surface area contributed by atoms with Crippen molar-refractivity contribution in [1.82, 2.24) is 15.5 Å². The lowest BCUT2D eigenvalue weighted by atomic mass is 9.99. The molecule has 0 saturated heterocycles. The number of aliphatic imine (C=N–C) groups is 1. The Bertz CT molecular complexity index is 574. The molecular weight excluding hydrogens is 357 g/mol. The minimum atomic E-state index is -4.45. The van der Waals surface area contributed by atoms with Gasteiger partial charge in [0.25, 0.3) is 0 Å². The molecule has 25 heavy (non-hydrogen) atoms. The van der Waals surface area contributed by atoms with Crippen molar-refractivity contribution in [3.05, 3.63) is 22.4 Å². The molecule has 0 aliphatic carbocycles. The van der Waals surface area contributed by atoms with Gasteiger partial charge in [-0.15, -0.1) is 0 Å². The van der Waals surface area contributed by atoms with Crippen LogP contribution in [0.5, 0.6) is 0 Å². The third kappa shape index (κ3) is 7.74. The third-order valence-electron chi connectivity index (χ3n) is 3.30. The molecular formula is C15H23F3N4O2S. The van der Waals surface area contributed by atoms with Gasteiger partial charge in [0, 0.05) is 13.6 Å². The van der Waals surface area contributed by atoms with Gasteiger partial charge in [-0.2, -0.15) is 24.5 Å². The Morgan fingerprint density at radius 1 is 1.40 bits per heavy atom. The van der Waals surface area contributed by atoms with E-state index in [-0.39, 0.29) is 12.5 Å². The predicted molar refractivity (Wildman–Crippen MR) is 91.6 cm³/mol. The molecule has 1 aromatic rings. The monoisotopic (exact) mass is 380 g/mol. The van der Waals surface area contributed by atoms with Crippen molar-refractivity contribution in [3.63, 3.8) is 0 Å². The van der Waals surface area contributed by atoms with Crippen molar-refractivity contribution in [2.45, 2.75) is 25.6 Å². The van der Waals surface area contributed by atoms with Gasteiger partial charge in [0.2, 0.25) is 5.91 Å². The minimum absolute atomic E-state index is 0.127. The van der Waals surface area contributed by atoms with E-state index in [1.54, 1.807) is 13.0 Å². The zero-order chi connectivity index (χ0) is 19.1. The van der Waals surface area contributed by atoms with Crippen LogP contribution in [0.15, 0.2) is 21.8 Å². The van der Waals surface area contributed by atoms with Crippen LogP contribution in [-0.2, 0) is 10.4 Å². The Balaban J connectivity index is 2.63. The lowest BCUT2D eigenvalue weighted by molar-refractivity contribution is -0.157. The number of hydrogen-bond acceptors (Lipinski definition) is 4. The molecule has 0 bridgehead atoms. The number of nitrogens with zero attached hydrogens (tertiary/aromatic N) is 2. The first-order chi connectivity index (χ1) is 11.5. The summed E-state index contributed by atoms with van der Waals surface area (Å²) in [4.78, 5) is 16.3. The summed E-state index contributed by atoms with van der Waals surface area (Å²) < 4.78 is 36.9. The number of aliphatic hydroxyl groups is 1. The molecule has 0 spiro atoms. The second-order valence-corrected chi connectivity index (χ2v) is 6.48. The molecule has 1 aromatic heterocycles. The van der Waals surface area contributed by atoms with E-state index in [0.29, 0.717) is 11.4 Å². The van der Waals surface area contributed by atoms with Gasteiger partial charge in [-0.05, 0) is 36.2 Å². The van der Waals surface area contributed by atoms with Crippen LogP contribution in [-0.4, -0.2) is 61.3 Å². The Morgan fingerprint density at radius 2 is 2.08 bits per heavy atom. The highest BCUT2D eigenvalue weighted by atomic mass is 32.1. The molecule has 0 fully saturated rings. The molecule has 1 unspecified atom stereocenters. The summed E-state index contributed by atoms with van der Waals surface area (Å²) in [5.74, 6) is -0.508. The van der Waals surface area contributed by atoms with E-state index >= 15 is 0 Å². The van der Waals surface area contributed by atoms with Crippen molar-refractivity contribution in [1.29, 1.82) is 0 Å². The lowest BCUT2D eigenvalue weighted by Gasteiger charge is -2.24. The summed E-state index contributed by atoms with van der Waals surface area (Å²) in [5, 5.41) is 19.9. The predicted octanol–water partition coefficient (Wildman–Crippen LogP) is 1.53. The van der Waals surface area contributed by atoms with Crippen LogP contribution in [0.1, 0.15) is 19.4 Å². The van der Waals surface area contributed by atoms with Gasteiger partial charge in [0.15, 0.2) is 5.96 Å². The quantitative estimate of drug-likeness (QED) is 0.495. The highest BCUT2D eigenvalue weighted by molar-refractivity contribution is 7.08. The average molecular weight is 380 g/mol. The highest BCUT2D eigenvalue weighted by Gasteiger charge is 2.31. The third-order valence-corrected chi connectivity index (χ3v) is 3.99. The molecule has 10 heteroatoms. The number of amides is 1. The van der Waals surface area contributed by atoms with Crippen LogP contribution in [0.2, 0.25) is 0 Å². The molecule has 1 rings (SSSR count). The lowest BCUT2D eigenvalue weighted by Crippen LogP contribution is -2.45. The summed E-state index contributed by atoms with van der Waals surface area (Å²) in [5.41, 5.74) is -0.408. The van der Waals surface area contributed by atoms with Crippen LogP contribution in [0, 0.1) is 0 Å². The molecule has 1 atom stereocenters. The SMILES string of the molecule is CCNC(=NCC(=O)N(C)CC(F)(F)F)NCC(C)(O)c1ccsc1. The van der Waals surface area contributed by atoms with E-state index < -0.39 is 30.8 Å². The number of thiophene rings is 1. The normalized spacial score (nSPS) is 14.8. The van der Waals surface area contributed by atoms with Gasteiger partial charge in [-0.1, -0.05) is 0 Å². The standard InChI is InChI=1S/C15H23F3N4O2S/c1-4-19-13(20-7-12(23)22(3)10-15(16,17)18)21-9-14(2,24)11-5-6-25-8-11/h5-6,8,24H,4,7,9-10H2,1-3H3,(H2,19,20,21). The zero-order valence-electron chi connectivity index (χ0n) is 14.4. The molecule has 0 aromatic carbocycles. The maximum Gasteiger partial charge on any atom is 0.406 e. The first kappa shape index (κ1) is 21.2.